The lowest BCUT2D eigenvalue weighted by molar-refractivity contribution is -0.114. The molecule has 7 heteroatoms. The largest absolute Gasteiger partial charge is 0.492 e. The Bertz CT molecular complexity index is 813. The second-order valence-electron chi connectivity index (χ2n) is 6.87. The first-order valence-corrected chi connectivity index (χ1v) is 9.66. The Balaban J connectivity index is 0.00000300. The number of carbonyl (C=O) groups is 1. The third-order valence-electron chi connectivity index (χ3n) is 4.78. The van der Waals surface area contributed by atoms with Crippen LogP contribution < -0.4 is 15.4 Å². The molecule has 0 saturated carbocycles. The maximum atomic E-state index is 11.2. The van der Waals surface area contributed by atoms with Crippen LogP contribution in [-0.4, -0.2) is 50.1 Å². The van der Waals surface area contributed by atoms with Crippen LogP contribution in [-0.2, 0) is 4.79 Å². The highest BCUT2D eigenvalue weighted by Crippen LogP contribution is 2.26. The molecule has 0 spiro atoms. The predicted octanol–water partition coefficient (Wildman–Crippen LogP) is 3.71. The van der Waals surface area contributed by atoms with Gasteiger partial charge in [-0.1, -0.05) is 36.4 Å². The summed E-state index contributed by atoms with van der Waals surface area (Å²) in [5.41, 5.74) is 2.13. The van der Waals surface area contributed by atoms with Gasteiger partial charge in [0.1, 0.15) is 12.4 Å². The van der Waals surface area contributed by atoms with Gasteiger partial charge in [-0.15, -0.1) is 24.0 Å². The maximum absolute atomic E-state index is 11.2. The molecule has 1 fully saturated rings. The molecule has 0 bridgehead atoms. The molecule has 2 aromatic carbocycles. The molecule has 1 unspecified atom stereocenters. The number of halogens is 1. The van der Waals surface area contributed by atoms with Crippen LogP contribution in [0.3, 0.4) is 0 Å². The molecule has 6 nitrogen and oxygen atoms in total. The summed E-state index contributed by atoms with van der Waals surface area (Å²) in [5.74, 6) is 2.09. The van der Waals surface area contributed by atoms with Gasteiger partial charge in [-0.3, -0.25) is 9.79 Å². The molecule has 1 saturated heterocycles. The van der Waals surface area contributed by atoms with Crippen LogP contribution in [0.1, 0.15) is 24.8 Å². The van der Waals surface area contributed by atoms with Crippen molar-refractivity contribution in [2.45, 2.75) is 19.3 Å². The Morgan fingerprint density at radius 2 is 2.00 bits per heavy atom. The van der Waals surface area contributed by atoms with E-state index in [1.807, 2.05) is 31.3 Å². The molecule has 1 aliphatic rings. The van der Waals surface area contributed by atoms with Gasteiger partial charge >= 0.3 is 0 Å². The Labute approximate surface area is 189 Å². The van der Waals surface area contributed by atoms with Crippen LogP contribution in [0.2, 0.25) is 0 Å². The SMILES string of the molecule is CN=C(NCCOc1cccc(NC(C)=O)c1)N1CCC(c2ccccc2)C1.I. The predicted molar refractivity (Wildman–Crippen MR) is 128 cm³/mol. The van der Waals surface area contributed by atoms with Crippen molar-refractivity contribution in [2.24, 2.45) is 4.99 Å². The van der Waals surface area contributed by atoms with Gasteiger partial charge in [-0.2, -0.15) is 0 Å². The number of nitrogens with zero attached hydrogens (tertiary/aromatic N) is 2. The van der Waals surface area contributed by atoms with Gasteiger partial charge in [-0.05, 0) is 24.1 Å². The number of rotatable bonds is 6. The Hall–Kier alpha value is -2.29. The fourth-order valence-electron chi connectivity index (χ4n) is 3.48. The zero-order valence-electron chi connectivity index (χ0n) is 16.9. The number of ether oxygens (including phenoxy) is 1. The molecule has 0 radical (unpaired) electrons. The van der Waals surface area contributed by atoms with Gasteiger partial charge in [0.05, 0.1) is 6.54 Å². The summed E-state index contributed by atoms with van der Waals surface area (Å²) in [7, 11) is 1.82. The minimum Gasteiger partial charge on any atom is -0.492 e. The molecule has 1 aliphatic heterocycles. The molecule has 2 aromatic rings. The van der Waals surface area contributed by atoms with E-state index in [-0.39, 0.29) is 29.9 Å². The van der Waals surface area contributed by atoms with Gasteiger partial charge in [0.2, 0.25) is 5.91 Å². The zero-order chi connectivity index (χ0) is 19.8. The third kappa shape index (κ3) is 6.92. The fourth-order valence-corrected chi connectivity index (χ4v) is 3.48. The first kappa shape index (κ1) is 23.0. The highest BCUT2D eigenvalue weighted by atomic mass is 127. The van der Waals surface area contributed by atoms with Gasteiger partial charge < -0.3 is 20.3 Å². The second-order valence-corrected chi connectivity index (χ2v) is 6.87. The first-order chi connectivity index (χ1) is 13.7. The highest BCUT2D eigenvalue weighted by molar-refractivity contribution is 14.0. The minimum atomic E-state index is -0.0953. The fraction of sp³-hybridized carbons (Fsp3) is 0.364. The van der Waals surface area contributed by atoms with E-state index >= 15 is 0 Å². The van der Waals surface area contributed by atoms with Crippen molar-refractivity contribution in [3.63, 3.8) is 0 Å². The number of anilines is 1. The number of carbonyl (C=O) groups excluding carboxylic acids is 1. The van der Waals surface area contributed by atoms with E-state index < -0.39 is 0 Å². The number of guanidine groups is 1. The average molecular weight is 508 g/mol. The number of amides is 1. The minimum absolute atomic E-state index is 0. The Morgan fingerprint density at radius 1 is 1.21 bits per heavy atom. The lowest BCUT2D eigenvalue weighted by Crippen LogP contribution is -2.41. The van der Waals surface area contributed by atoms with E-state index in [0.29, 0.717) is 19.1 Å². The lowest BCUT2D eigenvalue weighted by atomic mass is 9.99. The van der Waals surface area contributed by atoms with E-state index in [4.69, 9.17) is 4.74 Å². The number of aliphatic imine (C=N–C) groups is 1. The van der Waals surface area contributed by atoms with Crippen molar-refractivity contribution in [3.8, 4) is 5.75 Å². The summed E-state index contributed by atoms with van der Waals surface area (Å²) in [4.78, 5) is 17.9. The zero-order valence-corrected chi connectivity index (χ0v) is 19.3. The molecule has 156 valence electrons. The molecule has 0 aromatic heterocycles. The molecule has 1 amide bonds. The highest BCUT2D eigenvalue weighted by Gasteiger charge is 2.25. The number of likely N-dealkylation sites (tertiary alicyclic amines) is 1. The summed E-state index contributed by atoms with van der Waals surface area (Å²) < 4.78 is 5.79. The van der Waals surface area contributed by atoms with E-state index in [1.54, 1.807) is 0 Å². The maximum Gasteiger partial charge on any atom is 0.221 e. The molecule has 3 rings (SSSR count). The molecular weight excluding hydrogens is 479 g/mol. The molecule has 2 N–H and O–H groups in total. The number of nitrogens with one attached hydrogen (secondary N) is 2. The van der Waals surface area contributed by atoms with Crippen molar-refractivity contribution in [2.75, 3.05) is 38.6 Å². The van der Waals surface area contributed by atoms with Crippen molar-refractivity contribution in [1.29, 1.82) is 0 Å². The van der Waals surface area contributed by atoms with E-state index in [1.165, 1.54) is 12.5 Å². The quantitative estimate of drug-likeness (QED) is 0.270. The van der Waals surface area contributed by atoms with Gasteiger partial charge in [0.25, 0.3) is 0 Å². The van der Waals surface area contributed by atoms with Crippen LogP contribution in [0, 0.1) is 0 Å². The number of hydrogen-bond donors (Lipinski definition) is 2. The van der Waals surface area contributed by atoms with Crippen molar-refractivity contribution >= 4 is 41.5 Å². The van der Waals surface area contributed by atoms with Gasteiger partial charge in [0.15, 0.2) is 5.96 Å². The monoisotopic (exact) mass is 508 g/mol. The van der Waals surface area contributed by atoms with Crippen LogP contribution >= 0.6 is 24.0 Å². The van der Waals surface area contributed by atoms with Gasteiger partial charge in [-0.25, -0.2) is 0 Å². The normalized spacial score (nSPS) is 16.1. The Morgan fingerprint density at radius 3 is 2.72 bits per heavy atom. The molecule has 1 heterocycles. The van der Waals surface area contributed by atoms with Crippen LogP contribution in [0.15, 0.2) is 59.6 Å². The topological polar surface area (TPSA) is 66.0 Å². The standard InChI is InChI=1S/C22H28N4O2.HI/c1-17(27)25-20-9-6-10-21(15-20)28-14-12-24-22(23-2)26-13-11-19(16-26)18-7-4-3-5-8-18;/h3-10,15,19H,11-14,16H2,1-2H3,(H,23,24)(H,25,27);1H. The summed E-state index contributed by atoms with van der Waals surface area (Å²) in [6.45, 7) is 4.63. The van der Waals surface area contributed by atoms with Gasteiger partial charge in [0, 0.05) is 44.7 Å². The van der Waals surface area contributed by atoms with Crippen molar-refractivity contribution in [1.82, 2.24) is 10.2 Å². The summed E-state index contributed by atoms with van der Waals surface area (Å²) in [5, 5.41) is 6.14. The average Bonchev–Trinajstić information content (AvgIpc) is 3.18. The van der Waals surface area contributed by atoms with Crippen LogP contribution in [0.5, 0.6) is 5.75 Å². The van der Waals surface area contributed by atoms with Crippen molar-refractivity contribution in [3.05, 3.63) is 60.2 Å². The molecule has 0 aliphatic carbocycles. The summed E-state index contributed by atoms with van der Waals surface area (Å²) >= 11 is 0. The van der Waals surface area contributed by atoms with Crippen LogP contribution in [0.4, 0.5) is 5.69 Å². The molecular formula is C22H29IN4O2. The van der Waals surface area contributed by atoms with Crippen molar-refractivity contribution < 1.29 is 9.53 Å². The van der Waals surface area contributed by atoms with E-state index in [9.17, 15) is 4.79 Å². The van der Waals surface area contributed by atoms with E-state index in [2.05, 4.69) is 50.9 Å². The summed E-state index contributed by atoms with van der Waals surface area (Å²) in [6.07, 6.45) is 1.14. The number of hydrogen-bond acceptors (Lipinski definition) is 3. The summed E-state index contributed by atoms with van der Waals surface area (Å²) in [6, 6.07) is 18.1. The van der Waals surface area contributed by atoms with Crippen LogP contribution in [0.25, 0.3) is 0 Å². The third-order valence-corrected chi connectivity index (χ3v) is 4.78. The molecule has 29 heavy (non-hydrogen) atoms. The first-order valence-electron chi connectivity index (χ1n) is 9.66. The molecule has 1 atom stereocenters. The lowest BCUT2D eigenvalue weighted by Gasteiger charge is -2.22. The number of benzene rings is 2. The van der Waals surface area contributed by atoms with E-state index in [0.717, 1.165) is 36.9 Å². The Kier molecular flexibility index (Phi) is 9.24. The second kappa shape index (κ2) is 11.6. The smallest absolute Gasteiger partial charge is 0.221 e.